The van der Waals surface area contributed by atoms with Crippen molar-refractivity contribution in [3.8, 4) is 5.75 Å². The van der Waals surface area contributed by atoms with E-state index in [1.165, 1.54) is 6.07 Å². The van der Waals surface area contributed by atoms with Gasteiger partial charge in [-0.15, -0.1) is 0 Å². The number of rotatable bonds is 2. The molecule has 0 aromatic heterocycles. The number of Topliss-reactive ketones (excluding diaryl/α,β-unsaturated/α-hetero) is 2. The Morgan fingerprint density at radius 3 is 2.36 bits per heavy atom. The van der Waals surface area contributed by atoms with Crippen molar-refractivity contribution in [3.63, 3.8) is 0 Å². The summed E-state index contributed by atoms with van der Waals surface area (Å²) in [4.78, 5) is 38.0. The molecule has 1 fully saturated rings. The summed E-state index contributed by atoms with van der Waals surface area (Å²) >= 11 is 0. The first-order valence-corrected chi connectivity index (χ1v) is 10.5. The van der Waals surface area contributed by atoms with Crippen molar-refractivity contribution < 1.29 is 34.8 Å². The van der Waals surface area contributed by atoms with Gasteiger partial charge in [-0.1, -0.05) is 42.5 Å². The predicted molar refractivity (Wildman–Crippen MR) is 116 cm³/mol. The van der Waals surface area contributed by atoms with Gasteiger partial charge in [0.05, 0.1) is 5.56 Å². The van der Waals surface area contributed by atoms with Crippen LogP contribution >= 0.6 is 0 Å². The monoisotopic (exact) mass is 447 g/mol. The van der Waals surface area contributed by atoms with E-state index in [1.54, 1.807) is 12.1 Å². The second-order valence-electron chi connectivity index (χ2n) is 8.74. The lowest BCUT2D eigenvalue weighted by Crippen LogP contribution is -2.58. The molecule has 0 aliphatic heterocycles. The maximum Gasteiger partial charge on any atom is 0.255 e. The summed E-state index contributed by atoms with van der Waals surface area (Å²) < 4.78 is 0. The lowest BCUT2D eigenvalue weighted by molar-refractivity contribution is -0.147. The van der Waals surface area contributed by atoms with E-state index in [-0.39, 0.29) is 29.7 Å². The molecule has 8 heteroatoms. The van der Waals surface area contributed by atoms with Crippen LogP contribution in [0.2, 0.25) is 0 Å². The quantitative estimate of drug-likeness (QED) is 0.441. The van der Waals surface area contributed by atoms with Gasteiger partial charge >= 0.3 is 0 Å². The molecular formula is C25H21NO7. The molecule has 6 N–H and O–H groups in total. The zero-order valence-corrected chi connectivity index (χ0v) is 17.4. The van der Waals surface area contributed by atoms with Crippen molar-refractivity contribution in [2.45, 2.75) is 24.4 Å². The molecule has 4 atom stereocenters. The van der Waals surface area contributed by atoms with E-state index in [9.17, 15) is 34.8 Å². The summed E-state index contributed by atoms with van der Waals surface area (Å²) in [6.07, 6.45) is -0.290. The Hall–Kier alpha value is -3.91. The minimum atomic E-state index is -2.58. The second-order valence-corrected chi connectivity index (χ2v) is 8.74. The van der Waals surface area contributed by atoms with Crippen LogP contribution < -0.4 is 5.73 Å². The number of carbonyl (C=O) groups excluding carboxylic acids is 3. The van der Waals surface area contributed by atoms with Crippen LogP contribution in [-0.4, -0.2) is 43.5 Å². The van der Waals surface area contributed by atoms with Crippen molar-refractivity contribution >= 4 is 23.2 Å². The Balaban J connectivity index is 1.78. The molecule has 168 valence electrons. The number of benzene rings is 2. The van der Waals surface area contributed by atoms with Gasteiger partial charge in [0.15, 0.2) is 11.4 Å². The third-order valence-corrected chi connectivity index (χ3v) is 7.11. The fourth-order valence-electron chi connectivity index (χ4n) is 5.67. The van der Waals surface area contributed by atoms with Gasteiger partial charge in [0.1, 0.15) is 22.8 Å². The van der Waals surface area contributed by atoms with Crippen molar-refractivity contribution in [1.29, 1.82) is 0 Å². The first-order valence-electron chi connectivity index (χ1n) is 10.5. The van der Waals surface area contributed by atoms with Gasteiger partial charge in [-0.2, -0.15) is 0 Å². The topological polar surface area (TPSA) is 158 Å². The zero-order chi connectivity index (χ0) is 23.7. The highest BCUT2D eigenvalue weighted by Gasteiger charge is 2.61. The SMILES string of the molecule is NC(=O)C1=C(O)[C@@]2(O)C(=O)C3=C(O)c4c(O)cccc4[C@H](c4ccccc4)C3C[C@H]2CC1=O. The number of fused-ring (bicyclic) bond motifs is 3. The Morgan fingerprint density at radius 2 is 1.70 bits per heavy atom. The number of hydrogen-bond acceptors (Lipinski definition) is 7. The molecule has 0 saturated heterocycles. The van der Waals surface area contributed by atoms with Crippen LogP contribution in [0, 0.1) is 11.8 Å². The van der Waals surface area contributed by atoms with Crippen molar-refractivity contribution in [3.05, 3.63) is 82.1 Å². The molecule has 33 heavy (non-hydrogen) atoms. The fourth-order valence-corrected chi connectivity index (χ4v) is 5.67. The first-order chi connectivity index (χ1) is 15.7. The van der Waals surface area contributed by atoms with Crippen molar-refractivity contribution in [1.82, 2.24) is 0 Å². The number of carbonyl (C=O) groups is 3. The van der Waals surface area contributed by atoms with Gasteiger partial charge in [0.25, 0.3) is 5.91 Å². The molecular weight excluding hydrogens is 426 g/mol. The largest absolute Gasteiger partial charge is 0.508 e. The second kappa shape index (κ2) is 7.05. The Bertz CT molecular complexity index is 1290. The molecule has 5 rings (SSSR count). The van der Waals surface area contributed by atoms with Gasteiger partial charge < -0.3 is 26.2 Å². The van der Waals surface area contributed by atoms with Crippen LogP contribution in [0.5, 0.6) is 5.75 Å². The molecule has 1 amide bonds. The van der Waals surface area contributed by atoms with E-state index in [4.69, 9.17) is 5.73 Å². The highest BCUT2D eigenvalue weighted by molar-refractivity contribution is 6.22. The summed E-state index contributed by atoms with van der Waals surface area (Å²) in [6.45, 7) is 0. The lowest BCUT2D eigenvalue weighted by atomic mass is 9.56. The summed E-state index contributed by atoms with van der Waals surface area (Å²) in [6, 6.07) is 14.0. The standard InChI is InChI=1S/C25H21NO7/c26-24(32)20-16(28)10-12-9-14-17(11-5-2-1-3-6-11)13-7-4-8-15(27)18(13)21(29)19(14)22(30)25(12,33)23(20)31/h1-8,12,14,17,27,29,31,33H,9-10H2,(H2,26,32)/t12-,14?,17-,25-/m0/s1. The van der Waals surface area contributed by atoms with Crippen LogP contribution in [-0.2, 0) is 14.4 Å². The summed E-state index contributed by atoms with van der Waals surface area (Å²) in [7, 11) is 0. The maximum absolute atomic E-state index is 13.7. The molecule has 0 heterocycles. The number of ketones is 2. The van der Waals surface area contributed by atoms with E-state index < -0.39 is 57.9 Å². The number of nitrogens with two attached hydrogens (primary N) is 1. The smallest absolute Gasteiger partial charge is 0.255 e. The highest BCUT2D eigenvalue weighted by atomic mass is 16.3. The van der Waals surface area contributed by atoms with Crippen LogP contribution in [0.25, 0.3) is 5.76 Å². The molecule has 0 radical (unpaired) electrons. The number of aliphatic hydroxyl groups excluding tert-OH is 2. The van der Waals surface area contributed by atoms with Gasteiger partial charge in [-0.05, 0) is 23.6 Å². The normalized spacial score (nSPS) is 28.8. The number of hydrogen-bond donors (Lipinski definition) is 5. The molecule has 0 bridgehead atoms. The van der Waals surface area contributed by atoms with Gasteiger partial charge in [0, 0.05) is 29.7 Å². The molecule has 1 unspecified atom stereocenters. The van der Waals surface area contributed by atoms with Gasteiger partial charge in [0.2, 0.25) is 5.78 Å². The van der Waals surface area contributed by atoms with Crippen LogP contribution in [0.4, 0.5) is 0 Å². The molecule has 2 aromatic rings. The van der Waals surface area contributed by atoms with Crippen LogP contribution in [0.15, 0.2) is 65.4 Å². The van der Waals surface area contributed by atoms with Crippen molar-refractivity contribution in [2.75, 3.05) is 0 Å². The van der Waals surface area contributed by atoms with Crippen LogP contribution in [0.1, 0.15) is 35.4 Å². The highest BCUT2D eigenvalue weighted by Crippen LogP contribution is 2.56. The van der Waals surface area contributed by atoms with Gasteiger partial charge in [-0.25, -0.2) is 0 Å². The minimum absolute atomic E-state index is 0.0676. The number of amides is 1. The number of primary amides is 1. The minimum Gasteiger partial charge on any atom is -0.508 e. The van der Waals surface area contributed by atoms with E-state index in [0.717, 1.165) is 5.56 Å². The van der Waals surface area contributed by atoms with Crippen LogP contribution in [0.3, 0.4) is 0 Å². The molecule has 8 nitrogen and oxygen atoms in total. The summed E-state index contributed by atoms with van der Waals surface area (Å²) in [5.74, 6) is -6.96. The first kappa shape index (κ1) is 21.0. The zero-order valence-electron chi connectivity index (χ0n) is 17.4. The predicted octanol–water partition coefficient (Wildman–Crippen LogP) is 2.01. The van der Waals surface area contributed by atoms with E-state index >= 15 is 0 Å². The number of phenols is 1. The van der Waals surface area contributed by atoms with Gasteiger partial charge in [-0.3, -0.25) is 14.4 Å². The average Bonchev–Trinajstić information content (AvgIpc) is 2.77. The lowest BCUT2D eigenvalue weighted by Gasteiger charge is -2.48. The van der Waals surface area contributed by atoms with E-state index in [0.29, 0.717) is 5.56 Å². The number of phenolic OH excluding ortho intramolecular Hbond substituents is 1. The third-order valence-electron chi connectivity index (χ3n) is 7.11. The maximum atomic E-state index is 13.7. The Morgan fingerprint density at radius 1 is 1.00 bits per heavy atom. The Kier molecular flexibility index (Phi) is 4.48. The summed E-state index contributed by atoms with van der Waals surface area (Å²) in [5.41, 5.74) is 3.15. The molecule has 3 aliphatic rings. The Labute approximate surface area is 188 Å². The number of aliphatic hydroxyl groups is 3. The molecule has 2 aromatic carbocycles. The number of aromatic hydroxyl groups is 1. The molecule has 0 spiro atoms. The van der Waals surface area contributed by atoms with Crippen molar-refractivity contribution in [2.24, 2.45) is 17.6 Å². The molecule has 1 saturated carbocycles. The average molecular weight is 447 g/mol. The van der Waals surface area contributed by atoms with E-state index in [1.807, 2.05) is 30.3 Å². The van der Waals surface area contributed by atoms with E-state index in [2.05, 4.69) is 0 Å². The fraction of sp³-hybridized carbons (Fsp3) is 0.240. The summed E-state index contributed by atoms with van der Waals surface area (Å²) in [5, 5.41) is 43.7. The third kappa shape index (κ3) is 2.70. The molecule has 3 aliphatic carbocycles.